The largest absolute Gasteiger partial charge is 0.444 e. The number of ether oxygens (including phenoxy) is 2. The summed E-state index contributed by atoms with van der Waals surface area (Å²) in [6.45, 7) is 11.4. The van der Waals surface area contributed by atoms with E-state index in [1.54, 1.807) is 24.2 Å². The van der Waals surface area contributed by atoms with Crippen LogP contribution in [0.3, 0.4) is 0 Å². The molecule has 2 saturated heterocycles. The maximum absolute atomic E-state index is 12.9. The summed E-state index contributed by atoms with van der Waals surface area (Å²) in [6.07, 6.45) is 5.66. The average molecular weight is 817 g/mol. The van der Waals surface area contributed by atoms with Crippen LogP contribution in [0.1, 0.15) is 78.2 Å². The Balaban J connectivity index is 0.754. The van der Waals surface area contributed by atoms with Crippen LogP contribution in [-0.4, -0.2) is 108 Å². The number of piperidine rings is 2. The van der Waals surface area contributed by atoms with E-state index in [4.69, 9.17) is 13.9 Å². The Kier molecular flexibility index (Phi) is 14.0. The number of likely N-dealkylation sites (tertiary alicyclic amines) is 1. The third-order valence-corrected chi connectivity index (χ3v) is 12.7. The number of amides is 6. The summed E-state index contributed by atoms with van der Waals surface area (Å²) in [5, 5.41) is 11.4. The van der Waals surface area contributed by atoms with E-state index in [-0.39, 0.29) is 48.1 Å². The van der Waals surface area contributed by atoms with Crippen LogP contribution in [-0.2, 0) is 48.1 Å². The fourth-order valence-corrected chi connectivity index (χ4v) is 9.13. The molecular formula is C36H48N8O8S3. The summed E-state index contributed by atoms with van der Waals surface area (Å²) in [5.74, 6) is 1.13. The lowest BCUT2D eigenvalue weighted by atomic mass is 9.94. The molecule has 0 aromatic carbocycles. The first kappa shape index (κ1) is 40.8. The quantitative estimate of drug-likeness (QED) is 0.0877. The fourth-order valence-electron chi connectivity index (χ4n) is 6.34. The number of nitrogens with one attached hydrogen (secondary N) is 4. The van der Waals surface area contributed by atoms with Gasteiger partial charge in [0.2, 0.25) is 23.6 Å². The SMILES string of the molecule is CC(C)(C)c1cnc(CSc2cnc(NC(=O)C3CCN(CCOCCOCCNC(=O)NCc4cc5c(s4)C(=O)N(C4CCC(=O)NC4=O)C5)CC3)s2)o1. The van der Waals surface area contributed by atoms with Gasteiger partial charge >= 0.3 is 6.03 Å². The molecule has 3 aliphatic heterocycles. The van der Waals surface area contributed by atoms with Crippen molar-refractivity contribution in [2.24, 2.45) is 5.92 Å². The highest BCUT2D eigenvalue weighted by atomic mass is 32.2. The number of thiophene rings is 1. The summed E-state index contributed by atoms with van der Waals surface area (Å²) in [7, 11) is 0. The van der Waals surface area contributed by atoms with Gasteiger partial charge in [-0.1, -0.05) is 32.1 Å². The summed E-state index contributed by atoms with van der Waals surface area (Å²) < 4.78 is 18.2. The van der Waals surface area contributed by atoms with Crippen molar-refractivity contribution in [3.8, 4) is 0 Å². The summed E-state index contributed by atoms with van der Waals surface area (Å²) in [4.78, 5) is 75.7. The van der Waals surface area contributed by atoms with E-state index < -0.39 is 11.9 Å². The predicted molar refractivity (Wildman–Crippen MR) is 207 cm³/mol. The van der Waals surface area contributed by atoms with Gasteiger partial charge < -0.3 is 39.6 Å². The van der Waals surface area contributed by atoms with Crippen LogP contribution in [0.2, 0.25) is 0 Å². The summed E-state index contributed by atoms with van der Waals surface area (Å²) in [6, 6.07) is 0.893. The molecule has 55 heavy (non-hydrogen) atoms. The third kappa shape index (κ3) is 11.3. The second-order valence-electron chi connectivity index (χ2n) is 14.5. The van der Waals surface area contributed by atoms with E-state index in [0.29, 0.717) is 67.6 Å². The highest BCUT2D eigenvalue weighted by Gasteiger charge is 2.40. The Morgan fingerprint density at radius 2 is 1.80 bits per heavy atom. The van der Waals surface area contributed by atoms with Crippen LogP contribution in [0.4, 0.5) is 9.93 Å². The molecule has 0 aliphatic carbocycles. The number of carbonyl (C=O) groups is 5. The number of imide groups is 1. The van der Waals surface area contributed by atoms with Crippen molar-refractivity contribution in [3.63, 3.8) is 0 Å². The maximum Gasteiger partial charge on any atom is 0.315 e. The van der Waals surface area contributed by atoms with E-state index in [1.807, 2.05) is 6.07 Å². The highest BCUT2D eigenvalue weighted by molar-refractivity contribution is 8.00. The van der Waals surface area contributed by atoms with E-state index in [0.717, 1.165) is 52.9 Å². The first-order chi connectivity index (χ1) is 26.4. The molecule has 0 radical (unpaired) electrons. The molecule has 1 unspecified atom stereocenters. The molecule has 2 fully saturated rings. The number of aromatic nitrogens is 2. The Bertz CT molecular complexity index is 1830. The minimum absolute atomic E-state index is 0.0123. The zero-order chi connectivity index (χ0) is 39.0. The number of rotatable bonds is 17. The molecule has 0 saturated carbocycles. The van der Waals surface area contributed by atoms with Crippen LogP contribution < -0.4 is 21.3 Å². The van der Waals surface area contributed by atoms with Gasteiger partial charge in [-0.05, 0) is 44.0 Å². The molecule has 0 spiro atoms. The smallest absolute Gasteiger partial charge is 0.315 e. The second-order valence-corrected chi connectivity index (χ2v) is 18.0. The molecule has 16 nitrogen and oxygen atoms in total. The minimum Gasteiger partial charge on any atom is -0.444 e. The van der Waals surface area contributed by atoms with Crippen molar-refractivity contribution in [1.82, 2.24) is 35.7 Å². The van der Waals surface area contributed by atoms with Crippen molar-refractivity contribution in [3.05, 3.63) is 45.4 Å². The highest BCUT2D eigenvalue weighted by Crippen LogP contribution is 2.34. The predicted octanol–water partition coefficient (Wildman–Crippen LogP) is 3.73. The fraction of sp³-hybridized carbons (Fsp3) is 0.583. The van der Waals surface area contributed by atoms with E-state index in [2.05, 4.69) is 56.9 Å². The Labute approximate surface area is 331 Å². The lowest BCUT2D eigenvalue weighted by molar-refractivity contribution is -0.137. The lowest BCUT2D eigenvalue weighted by Crippen LogP contribution is -2.52. The van der Waals surface area contributed by atoms with Gasteiger partial charge in [-0.25, -0.2) is 14.8 Å². The molecular weight excluding hydrogens is 769 g/mol. The van der Waals surface area contributed by atoms with Gasteiger partial charge in [0, 0.05) is 42.3 Å². The zero-order valence-electron chi connectivity index (χ0n) is 31.3. The number of fused-ring (bicyclic) bond motifs is 1. The van der Waals surface area contributed by atoms with Gasteiger partial charge in [0.25, 0.3) is 5.91 Å². The third-order valence-electron chi connectivity index (χ3n) is 9.42. The molecule has 6 amide bonds. The molecule has 3 aliphatic rings. The minimum atomic E-state index is -0.640. The second kappa shape index (κ2) is 18.8. The number of hydrogen-bond acceptors (Lipinski definition) is 14. The Morgan fingerprint density at radius 3 is 2.53 bits per heavy atom. The van der Waals surface area contributed by atoms with Crippen molar-refractivity contribution in [2.75, 3.05) is 57.9 Å². The number of thiazole rings is 1. The number of hydrogen-bond donors (Lipinski definition) is 4. The number of nitrogens with zero attached hydrogens (tertiary/aromatic N) is 4. The van der Waals surface area contributed by atoms with Gasteiger partial charge in [0.05, 0.1) is 60.2 Å². The number of carbonyl (C=O) groups excluding carboxylic acids is 5. The molecule has 19 heteroatoms. The van der Waals surface area contributed by atoms with Gasteiger partial charge in [0.15, 0.2) is 5.13 Å². The van der Waals surface area contributed by atoms with Crippen LogP contribution in [0.5, 0.6) is 0 Å². The molecule has 3 aromatic heterocycles. The lowest BCUT2D eigenvalue weighted by Gasteiger charge is -2.30. The molecule has 1 atom stereocenters. The normalized spacial score (nSPS) is 18.1. The molecule has 6 heterocycles. The van der Waals surface area contributed by atoms with Gasteiger partial charge in [0.1, 0.15) is 11.8 Å². The molecule has 298 valence electrons. The Hall–Kier alpha value is -3.88. The number of thioether (sulfide) groups is 1. The topological polar surface area (TPSA) is 197 Å². The average Bonchev–Trinajstić information content (AvgIpc) is 3.95. The standard InChI is InChI=1S/C36H48N8O8S3/c1-36(2,3)26-18-38-28(52-26)21-53-29-19-40-35(55-29)42-31(46)22-6-9-43(10-7-22)11-13-51-15-14-50-12-8-37-34(49)39-17-24-16-23-20-44(33(48)30(23)54-24)25-4-5-27(45)41-32(25)47/h16,18-19,22,25H,4-15,17,20-21H2,1-3H3,(H2,37,39,49)(H,40,42,46)(H,41,45,47). The maximum atomic E-state index is 12.9. The molecule has 0 bridgehead atoms. The van der Waals surface area contributed by atoms with E-state index >= 15 is 0 Å². The summed E-state index contributed by atoms with van der Waals surface area (Å²) in [5.41, 5.74) is 0.740. The van der Waals surface area contributed by atoms with Gasteiger partial charge in [-0.2, -0.15) is 0 Å². The van der Waals surface area contributed by atoms with Crippen molar-refractivity contribution in [1.29, 1.82) is 0 Å². The Morgan fingerprint density at radius 1 is 1.02 bits per heavy atom. The number of anilines is 1. The van der Waals surface area contributed by atoms with Crippen LogP contribution in [0.25, 0.3) is 0 Å². The van der Waals surface area contributed by atoms with Gasteiger partial charge in [-0.3, -0.25) is 24.5 Å². The van der Waals surface area contributed by atoms with Crippen LogP contribution >= 0.6 is 34.4 Å². The van der Waals surface area contributed by atoms with Gasteiger partial charge in [-0.15, -0.1) is 23.1 Å². The first-order valence-corrected chi connectivity index (χ1v) is 21.0. The monoisotopic (exact) mass is 816 g/mol. The first-order valence-electron chi connectivity index (χ1n) is 18.4. The zero-order valence-corrected chi connectivity index (χ0v) is 33.7. The van der Waals surface area contributed by atoms with Crippen LogP contribution in [0, 0.1) is 5.92 Å². The molecule has 4 N–H and O–H groups in total. The molecule has 6 rings (SSSR count). The van der Waals surface area contributed by atoms with Crippen molar-refractivity contribution in [2.45, 2.75) is 81.0 Å². The van der Waals surface area contributed by atoms with E-state index in [9.17, 15) is 24.0 Å². The number of oxazole rings is 1. The summed E-state index contributed by atoms with van der Waals surface area (Å²) >= 11 is 4.34. The number of urea groups is 1. The van der Waals surface area contributed by atoms with Crippen molar-refractivity contribution < 1.29 is 37.9 Å². The molecule has 3 aromatic rings. The van der Waals surface area contributed by atoms with Crippen LogP contribution in [0.15, 0.2) is 27.1 Å². The van der Waals surface area contributed by atoms with E-state index in [1.165, 1.54) is 27.6 Å². The van der Waals surface area contributed by atoms with Crippen molar-refractivity contribution >= 4 is 69.2 Å².